The van der Waals surface area contributed by atoms with E-state index in [1.165, 1.54) is 5.56 Å². The standard InChI is InChI=1S/C28H25N4S/c29-18-10-17-27-30-31-28(33-27)32-25(22-13-6-2-7-14-22)19-24(21-11-4-1-5-12-21)20-26(32)23-15-8-3-9-16-23/h1-9,11-16,19-20H,10,17-18,29H2/q+1. The SMILES string of the molecule is NCCCc1nnc(-[n+]2c(-c3ccccc3)cc(-c3ccccc3)cc2-c2ccccc2)s1. The van der Waals surface area contributed by atoms with Crippen LogP contribution < -0.4 is 10.3 Å². The minimum atomic E-state index is 0.651. The van der Waals surface area contributed by atoms with Crippen LogP contribution in [0.15, 0.2) is 103 Å². The van der Waals surface area contributed by atoms with Crippen molar-refractivity contribution in [3.63, 3.8) is 0 Å². The van der Waals surface area contributed by atoms with E-state index in [-0.39, 0.29) is 0 Å². The summed E-state index contributed by atoms with van der Waals surface area (Å²) in [6, 6.07) is 36.0. The normalized spacial score (nSPS) is 10.9. The highest BCUT2D eigenvalue weighted by molar-refractivity contribution is 7.13. The van der Waals surface area contributed by atoms with E-state index in [1.54, 1.807) is 11.3 Å². The molecule has 0 fully saturated rings. The van der Waals surface area contributed by atoms with E-state index in [0.29, 0.717) is 6.54 Å². The van der Waals surface area contributed by atoms with Crippen LogP contribution in [-0.2, 0) is 6.42 Å². The number of pyridine rings is 1. The molecule has 0 aliphatic carbocycles. The van der Waals surface area contributed by atoms with Gasteiger partial charge in [-0.25, -0.2) is 0 Å². The van der Waals surface area contributed by atoms with Crippen molar-refractivity contribution in [2.24, 2.45) is 5.73 Å². The molecule has 0 amide bonds. The second-order valence-electron chi connectivity index (χ2n) is 7.82. The predicted molar refractivity (Wildman–Crippen MR) is 135 cm³/mol. The minimum Gasteiger partial charge on any atom is -0.330 e. The molecule has 0 radical (unpaired) electrons. The molecular weight excluding hydrogens is 424 g/mol. The van der Waals surface area contributed by atoms with E-state index >= 15 is 0 Å². The third kappa shape index (κ3) is 4.60. The Hall–Kier alpha value is -3.67. The number of aromatic nitrogens is 3. The molecule has 0 bridgehead atoms. The smallest absolute Gasteiger partial charge is 0.330 e. The molecule has 33 heavy (non-hydrogen) atoms. The van der Waals surface area contributed by atoms with E-state index in [1.807, 2.05) is 18.2 Å². The van der Waals surface area contributed by atoms with Crippen LogP contribution in [0.4, 0.5) is 0 Å². The van der Waals surface area contributed by atoms with Crippen LogP contribution in [0.1, 0.15) is 11.4 Å². The molecule has 0 saturated heterocycles. The van der Waals surface area contributed by atoms with Crippen molar-refractivity contribution in [1.29, 1.82) is 0 Å². The van der Waals surface area contributed by atoms with Crippen molar-refractivity contribution < 1.29 is 4.57 Å². The van der Waals surface area contributed by atoms with E-state index in [2.05, 4.69) is 99.7 Å². The fraction of sp³-hybridized carbons (Fsp3) is 0.107. The molecule has 5 rings (SSSR count). The van der Waals surface area contributed by atoms with Crippen LogP contribution in [0.3, 0.4) is 0 Å². The van der Waals surface area contributed by atoms with Crippen molar-refractivity contribution in [2.45, 2.75) is 12.8 Å². The van der Waals surface area contributed by atoms with Gasteiger partial charge in [-0.15, -0.1) is 0 Å². The fourth-order valence-electron chi connectivity index (χ4n) is 3.93. The number of hydrogen-bond donors (Lipinski definition) is 1. The molecule has 4 nitrogen and oxygen atoms in total. The summed E-state index contributed by atoms with van der Waals surface area (Å²) in [5, 5.41) is 10.9. The van der Waals surface area contributed by atoms with Crippen molar-refractivity contribution in [1.82, 2.24) is 10.2 Å². The van der Waals surface area contributed by atoms with Crippen molar-refractivity contribution in [3.8, 4) is 38.8 Å². The van der Waals surface area contributed by atoms with Gasteiger partial charge in [0, 0.05) is 17.5 Å². The number of nitrogens with zero attached hydrogens (tertiary/aromatic N) is 3. The first kappa shape index (κ1) is 21.2. The molecule has 2 N–H and O–H groups in total. The first-order valence-corrected chi connectivity index (χ1v) is 11.9. The first-order valence-electron chi connectivity index (χ1n) is 11.1. The molecule has 0 aliphatic rings. The van der Waals surface area contributed by atoms with Crippen LogP contribution in [0.2, 0.25) is 0 Å². The van der Waals surface area contributed by atoms with Crippen LogP contribution in [-0.4, -0.2) is 16.7 Å². The Bertz CT molecular complexity index is 1270. The molecule has 3 aromatic carbocycles. The lowest BCUT2D eigenvalue weighted by Crippen LogP contribution is -2.36. The van der Waals surface area contributed by atoms with Gasteiger partial charge in [-0.1, -0.05) is 91.0 Å². The number of nitrogens with two attached hydrogens (primary N) is 1. The van der Waals surface area contributed by atoms with Gasteiger partial charge in [0.25, 0.3) is 0 Å². The summed E-state index contributed by atoms with van der Waals surface area (Å²) in [6.07, 6.45) is 1.75. The molecule has 5 aromatic rings. The van der Waals surface area contributed by atoms with Gasteiger partial charge in [0.05, 0.1) is 5.10 Å². The van der Waals surface area contributed by atoms with Gasteiger partial charge < -0.3 is 5.73 Å². The molecule has 0 unspecified atom stereocenters. The second-order valence-corrected chi connectivity index (χ2v) is 8.86. The summed E-state index contributed by atoms with van der Waals surface area (Å²) < 4.78 is 2.24. The number of rotatable bonds is 7. The lowest BCUT2D eigenvalue weighted by Gasteiger charge is -2.13. The Balaban J connectivity index is 1.79. The van der Waals surface area contributed by atoms with Gasteiger partial charge in [-0.05, 0) is 52.7 Å². The van der Waals surface area contributed by atoms with Crippen molar-refractivity contribution in [3.05, 3.63) is 108 Å². The van der Waals surface area contributed by atoms with Crippen LogP contribution in [0.5, 0.6) is 0 Å². The zero-order valence-corrected chi connectivity index (χ0v) is 19.1. The molecule has 0 atom stereocenters. The third-order valence-corrected chi connectivity index (χ3v) is 6.52. The topological polar surface area (TPSA) is 55.7 Å². The Labute approximate surface area is 198 Å². The van der Waals surface area contributed by atoms with Gasteiger partial charge in [-0.3, -0.25) is 0 Å². The van der Waals surface area contributed by atoms with Gasteiger partial charge in [-0.2, -0.15) is 4.57 Å². The molecule has 162 valence electrons. The lowest BCUT2D eigenvalue weighted by molar-refractivity contribution is -0.571. The van der Waals surface area contributed by atoms with Crippen molar-refractivity contribution >= 4 is 11.3 Å². The maximum atomic E-state index is 5.72. The Kier molecular flexibility index (Phi) is 6.33. The summed E-state index contributed by atoms with van der Waals surface area (Å²) in [4.78, 5) is 0. The quantitative estimate of drug-likeness (QED) is 0.324. The van der Waals surface area contributed by atoms with E-state index in [4.69, 9.17) is 5.73 Å². The highest BCUT2D eigenvalue weighted by Gasteiger charge is 2.26. The summed E-state index contributed by atoms with van der Waals surface area (Å²) in [6.45, 7) is 0.651. The highest BCUT2D eigenvalue weighted by Crippen LogP contribution is 2.31. The molecule has 0 aliphatic heterocycles. The van der Waals surface area contributed by atoms with Crippen molar-refractivity contribution in [2.75, 3.05) is 6.54 Å². The Morgan fingerprint density at radius 1 is 0.636 bits per heavy atom. The monoisotopic (exact) mass is 449 g/mol. The number of benzene rings is 3. The molecule has 2 heterocycles. The van der Waals surface area contributed by atoms with Gasteiger partial charge in [0.2, 0.25) is 0 Å². The van der Waals surface area contributed by atoms with E-state index in [9.17, 15) is 0 Å². The van der Waals surface area contributed by atoms with Crippen LogP contribution in [0, 0.1) is 0 Å². The predicted octanol–water partition coefficient (Wildman–Crippen LogP) is 5.71. The third-order valence-electron chi connectivity index (χ3n) is 5.55. The summed E-state index contributed by atoms with van der Waals surface area (Å²) in [5.74, 6) is 0. The maximum Gasteiger partial charge on any atom is 0.415 e. The molecular formula is C28H25N4S+. The first-order chi connectivity index (χ1) is 16.3. The Morgan fingerprint density at radius 3 is 1.67 bits per heavy atom. The van der Waals surface area contributed by atoms with E-state index in [0.717, 1.165) is 51.1 Å². The number of hydrogen-bond acceptors (Lipinski definition) is 4. The van der Waals surface area contributed by atoms with Gasteiger partial charge in [0.1, 0.15) is 16.4 Å². The average Bonchev–Trinajstić information content (AvgIpc) is 3.37. The second kappa shape index (κ2) is 9.86. The fourth-order valence-corrected chi connectivity index (χ4v) is 4.84. The van der Waals surface area contributed by atoms with Crippen LogP contribution in [0.25, 0.3) is 38.8 Å². The Morgan fingerprint density at radius 2 is 1.15 bits per heavy atom. The maximum absolute atomic E-state index is 5.72. The van der Waals surface area contributed by atoms with Crippen LogP contribution >= 0.6 is 11.3 Å². The van der Waals surface area contributed by atoms with E-state index < -0.39 is 0 Å². The molecule has 0 spiro atoms. The summed E-state index contributed by atoms with van der Waals surface area (Å²) >= 11 is 1.63. The summed E-state index contributed by atoms with van der Waals surface area (Å²) in [5.41, 5.74) is 12.5. The number of aryl methyl sites for hydroxylation is 1. The lowest BCUT2D eigenvalue weighted by atomic mass is 9.99. The zero-order chi connectivity index (χ0) is 22.5. The minimum absolute atomic E-state index is 0.651. The average molecular weight is 450 g/mol. The summed E-state index contributed by atoms with van der Waals surface area (Å²) in [7, 11) is 0. The highest BCUT2D eigenvalue weighted by atomic mass is 32.1. The largest absolute Gasteiger partial charge is 0.415 e. The molecule has 0 saturated carbocycles. The molecule has 5 heteroatoms. The van der Waals surface area contributed by atoms with Gasteiger partial charge in [0.15, 0.2) is 0 Å². The zero-order valence-electron chi connectivity index (χ0n) is 18.3. The van der Waals surface area contributed by atoms with Gasteiger partial charge >= 0.3 is 5.13 Å². The molecule has 2 aromatic heterocycles.